The number of phenols is 1. The van der Waals surface area contributed by atoms with Crippen molar-refractivity contribution in [3.63, 3.8) is 0 Å². The Labute approximate surface area is 214 Å². The molecule has 9 heteroatoms. The molecule has 0 saturated carbocycles. The number of phenolic OH excluding ortho intramolecular Hbond substituents is 1. The predicted octanol–water partition coefficient (Wildman–Crippen LogP) is 4.90. The van der Waals surface area contributed by atoms with Crippen LogP contribution in [0.4, 0.5) is 0 Å². The Morgan fingerprint density at radius 1 is 1.03 bits per heavy atom. The number of nitrogens with zero attached hydrogens (tertiary/aromatic N) is 4. The van der Waals surface area contributed by atoms with Gasteiger partial charge in [-0.1, -0.05) is 59.3 Å². The van der Waals surface area contributed by atoms with Crippen LogP contribution >= 0.6 is 11.8 Å². The maximum Gasteiger partial charge on any atom is 0.250 e. The molecule has 3 aromatic carbocycles. The van der Waals surface area contributed by atoms with Crippen LogP contribution in [-0.4, -0.2) is 44.4 Å². The molecule has 0 aliphatic carbocycles. The first kappa shape index (κ1) is 25.0. The number of benzene rings is 3. The molecule has 0 atom stereocenters. The van der Waals surface area contributed by atoms with E-state index in [9.17, 15) is 9.90 Å². The van der Waals surface area contributed by atoms with E-state index in [4.69, 9.17) is 4.74 Å². The lowest BCUT2D eigenvalue weighted by Gasteiger charge is -2.11. The van der Waals surface area contributed by atoms with Crippen molar-refractivity contribution in [1.29, 1.82) is 0 Å². The average molecular weight is 502 g/mol. The number of thioether (sulfide) groups is 1. The van der Waals surface area contributed by atoms with Crippen LogP contribution in [0.1, 0.15) is 23.6 Å². The minimum absolute atomic E-state index is 0.0391. The number of hydrogen-bond donors (Lipinski definition) is 2. The van der Waals surface area contributed by atoms with Crippen molar-refractivity contribution in [2.45, 2.75) is 25.9 Å². The normalized spacial score (nSPS) is 11.4. The van der Waals surface area contributed by atoms with E-state index in [2.05, 4.69) is 20.7 Å². The van der Waals surface area contributed by atoms with E-state index in [0.29, 0.717) is 22.4 Å². The smallest absolute Gasteiger partial charge is 0.250 e. The summed E-state index contributed by atoms with van der Waals surface area (Å²) in [4.78, 5) is 12.6. The SMILES string of the molecule is COc1cc(/C(C)=N/NC(=O)CSc2nnc(-c3ccc(C)cc3)n2-c2ccc(C)cc2)ccc1O. The molecule has 1 amide bonds. The molecule has 4 aromatic rings. The van der Waals surface area contributed by atoms with Crippen LogP contribution in [0.3, 0.4) is 0 Å². The molecule has 0 saturated heterocycles. The lowest BCUT2D eigenvalue weighted by atomic mass is 10.1. The Hall–Kier alpha value is -4.11. The first-order chi connectivity index (χ1) is 17.4. The third kappa shape index (κ3) is 5.75. The summed E-state index contributed by atoms with van der Waals surface area (Å²) in [7, 11) is 1.48. The van der Waals surface area contributed by atoms with Gasteiger partial charge in [0.05, 0.1) is 18.6 Å². The van der Waals surface area contributed by atoms with Crippen molar-refractivity contribution in [1.82, 2.24) is 20.2 Å². The van der Waals surface area contributed by atoms with Gasteiger partial charge in [0, 0.05) is 16.8 Å². The first-order valence-corrected chi connectivity index (χ1v) is 12.3. The minimum Gasteiger partial charge on any atom is -0.504 e. The maximum absolute atomic E-state index is 12.6. The van der Waals surface area contributed by atoms with E-state index < -0.39 is 0 Å². The third-order valence-corrected chi connectivity index (χ3v) is 6.44. The molecular weight excluding hydrogens is 474 g/mol. The number of aromatic nitrogens is 3. The number of aromatic hydroxyl groups is 1. The van der Waals surface area contributed by atoms with Gasteiger partial charge < -0.3 is 9.84 Å². The summed E-state index contributed by atoms with van der Waals surface area (Å²) in [6.45, 7) is 5.84. The molecule has 0 bridgehead atoms. The van der Waals surface area contributed by atoms with E-state index in [1.54, 1.807) is 19.1 Å². The second-order valence-corrected chi connectivity index (χ2v) is 9.19. The van der Waals surface area contributed by atoms with Gasteiger partial charge in [0.15, 0.2) is 22.5 Å². The van der Waals surface area contributed by atoms with E-state index >= 15 is 0 Å². The van der Waals surface area contributed by atoms with Gasteiger partial charge in [-0.15, -0.1) is 10.2 Å². The fourth-order valence-electron chi connectivity index (χ4n) is 3.46. The van der Waals surface area contributed by atoms with Crippen molar-refractivity contribution in [3.05, 3.63) is 83.4 Å². The Morgan fingerprint density at radius 3 is 2.36 bits per heavy atom. The van der Waals surface area contributed by atoms with Crippen LogP contribution in [0.5, 0.6) is 11.5 Å². The minimum atomic E-state index is -0.277. The van der Waals surface area contributed by atoms with Crippen LogP contribution in [0, 0.1) is 13.8 Å². The molecule has 4 rings (SSSR count). The summed E-state index contributed by atoms with van der Waals surface area (Å²) in [5.41, 5.74) is 8.05. The van der Waals surface area contributed by atoms with Gasteiger partial charge in [-0.25, -0.2) is 5.43 Å². The molecule has 1 aromatic heterocycles. The van der Waals surface area contributed by atoms with Crippen LogP contribution in [0.15, 0.2) is 77.0 Å². The first-order valence-electron chi connectivity index (χ1n) is 11.3. The Kier molecular flexibility index (Phi) is 7.70. The van der Waals surface area contributed by atoms with Crippen molar-refractivity contribution >= 4 is 23.4 Å². The standard InChI is InChI=1S/C27H27N5O3S/c1-17-5-9-20(10-6-17)26-30-31-27(32(26)22-12-7-18(2)8-13-22)36-16-25(34)29-28-19(3)21-11-14-23(33)24(15-21)35-4/h5-15,33H,16H2,1-4H3,(H,29,34)/b28-19+. The van der Waals surface area contributed by atoms with Gasteiger partial charge in [0.1, 0.15) is 0 Å². The fraction of sp³-hybridized carbons (Fsp3) is 0.185. The maximum atomic E-state index is 12.6. The van der Waals surface area contributed by atoms with E-state index in [0.717, 1.165) is 27.9 Å². The molecule has 0 aliphatic heterocycles. The zero-order valence-electron chi connectivity index (χ0n) is 20.5. The van der Waals surface area contributed by atoms with Crippen LogP contribution in [0.2, 0.25) is 0 Å². The summed E-state index contributed by atoms with van der Waals surface area (Å²) in [6.07, 6.45) is 0. The predicted molar refractivity (Wildman–Crippen MR) is 142 cm³/mol. The molecule has 0 fully saturated rings. The van der Waals surface area contributed by atoms with Gasteiger partial charge in [-0.3, -0.25) is 9.36 Å². The number of carbonyl (C=O) groups excluding carboxylic acids is 1. The number of methoxy groups -OCH3 is 1. The number of carbonyl (C=O) groups is 1. The average Bonchev–Trinajstić information content (AvgIpc) is 3.31. The number of ether oxygens (including phenoxy) is 1. The molecule has 36 heavy (non-hydrogen) atoms. The van der Waals surface area contributed by atoms with Gasteiger partial charge in [0.2, 0.25) is 0 Å². The second-order valence-electron chi connectivity index (χ2n) is 8.25. The van der Waals surface area contributed by atoms with Crippen LogP contribution in [-0.2, 0) is 4.79 Å². The van der Waals surface area contributed by atoms with Gasteiger partial charge in [-0.2, -0.15) is 5.10 Å². The molecule has 2 N–H and O–H groups in total. The third-order valence-electron chi connectivity index (χ3n) is 5.51. The quantitative estimate of drug-likeness (QED) is 0.202. The molecule has 0 radical (unpaired) electrons. The topological polar surface area (TPSA) is 102 Å². The molecular formula is C27H27N5O3S. The number of aryl methyl sites for hydroxylation is 2. The number of amides is 1. The van der Waals surface area contributed by atoms with Crippen molar-refractivity contribution < 1.29 is 14.6 Å². The van der Waals surface area contributed by atoms with Crippen molar-refractivity contribution in [2.24, 2.45) is 5.10 Å². The van der Waals surface area contributed by atoms with E-state index in [1.165, 1.54) is 24.9 Å². The Morgan fingerprint density at radius 2 is 1.69 bits per heavy atom. The highest BCUT2D eigenvalue weighted by Gasteiger charge is 2.17. The van der Waals surface area contributed by atoms with E-state index in [1.807, 2.05) is 66.9 Å². The van der Waals surface area contributed by atoms with Crippen LogP contribution in [0.25, 0.3) is 17.1 Å². The van der Waals surface area contributed by atoms with Gasteiger partial charge >= 0.3 is 0 Å². The van der Waals surface area contributed by atoms with Crippen molar-refractivity contribution in [3.8, 4) is 28.6 Å². The lowest BCUT2D eigenvalue weighted by molar-refractivity contribution is -0.118. The zero-order chi connectivity index (χ0) is 25.7. The summed E-state index contributed by atoms with van der Waals surface area (Å²) in [6, 6.07) is 21.1. The lowest BCUT2D eigenvalue weighted by Crippen LogP contribution is -2.21. The second kappa shape index (κ2) is 11.1. The number of rotatable bonds is 8. The largest absolute Gasteiger partial charge is 0.504 e. The molecule has 0 aliphatic rings. The highest BCUT2D eigenvalue weighted by atomic mass is 32.2. The van der Waals surface area contributed by atoms with Gasteiger partial charge in [-0.05, 0) is 51.1 Å². The number of hydrogen-bond acceptors (Lipinski definition) is 7. The number of hydrazone groups is 1. The number of nitrogens with one attached hydrogen (secondary N) is 1. The monoisotopic (exact) mass is 501 g/mol. The zero-order valence-corrected chi connectivity index (χ0v) is 21.3. The van der Waals surface area contributed by atoms with E-state index in [-0.39, 0.29) is 17.4 Å². The molecule has 184 valence electrons. The van der Waals surface area contributed by atoms with Crippen molar-refractivity contribution in [2.75, 3.05) is 12.9 Å². The molecule has 0 unspecified atom stereocenters. The fourth-order valence-corrected chi connectivity index (χ4v) is 4.20. The Bertz CT molecular complexity index is 1400. The summed E-state index contributed by atoms with van der Waals surface area (Å²) < 4.78 is 7.09. The summed E-state index contributed by atoms with van der Waals surface area (Å²) in [5, 5.41) is 23.4. The highest BCUT2D eigenvalue weighted by molar-refractivity contribution is 7.99. The summed E-state index contributed by atoms with van der Waals surface area (Å²) >= 11 is 1.28. The Balaban J connectivity index is 1.51. The summed E-state index contributed by atoms with van der Waals surface area (Å²) in [5.74, 6) is 0.909. The van der Waals surface area contributed by atoms with Crippen LogP contribution < -0.4 is 10.2 Å². The molecule has 0 spiro atoms. The molecule has 8 nitrogen and oxygen atoms in total. The highest BCUT2D eigenvalue weighted by Crippen LogP contribution is 2.29. The molecule has 1 heterocycles. The van der Waals surface area contributed by atoms with Gasteiger partial charge in [0.25, 0.3) is 5.91 Å².